The van der Waals surface area contributed by atoms with Crippen LogP contribution in [0.15, 0.2) is 40.9 Å². The number of anilines is 1. The van der Waals surface area contributed by atoms with Gasteiger partial charge in [0.2, 0.25) is 5.82 Å². The number of aliphatic hydroxyl groups is 2. The molecule has 1 aliphatic rings. The molecule has 0 saturated heterocycles. The standard InChI is InChI=1S/C24H30N4O5/c1-3-31-20-8-6-18(12-21(20)32-4-2)23-26-22(27-33-23)17-5-7-19-16(11-17)9-10-28(19)13-24(25,14-29)15-30/h5-8,11-12,29-30H,3-4,9-10,13-15,25H2,1-2H3. The SMILES string of the molecule is CCOc1ccc(-c2nc(-c3ccc4c(c3)CCN4CC(N)(CO)CO)no2)cc1OCC. The highest BCUT2D eigenvalue weighted by Gasteiger charge is 2.30. The number of nitrogens with two attached hydrogens (primary N) is 1. The second-order valence-electron chi connectivity index (χ2n) is 8.14. The van der Waals surface area contributed by atoms with E-state index in [-0.39, 0.29) is 13.2 Å². The van der Waals surface area contributed by atoms with Crippen LogP contribution in [0, 0.1) is 0 Å². The van der Waals surface area contributed by atoms with Crippen molar-refractivity contribution in [2.45, 2.75) is 25.8 Å². The van der Waals surface area contributed by atoms with Gasteiger partial charge in [-0.2, -0.15) is 4.98 Å². The fourth-order valence-electron chi connectivity index (χ4n) is 3.95. The Kier molecular flexibility index (Phi) is 6.83. The number of ether oxygens (including phenoxy) is 2. The zero-order chi connectivity index (χ0) is 23.4. The van der Waals surface area contributed by atoms with Crippen molar-refractivity contribution < 1.29 is 24.2 Å². The van der Waals surface area contributed by atoms with Crippen molar-refractivity contribution in [3.63, 3.8) is 0 Å². The van der Waals surface area contributed by atoms with Crippen LogP contribution in [0.2, 0.25) is 0 Å². The summed E-state index contributed by atoms with van der Waals surface area (Å²) in [6.45, 7) is 5.49. The highest BCUT2D eigenvalue weighted by molar-refractivity contribution is 5.68. The Bertz CT molecular complexity index is 1100. The van der Waals surface area contributed by atoms with Crippen molar-refractivity contribution in [2.75, 3.05) is 44.4 Å². The molecule has 1 aromatic heterocycles. The molecule has 0 spiro atoms. The maximum absolute atomic E-state index is 9.52. The molecule has 176 valence electrons. The quantitative estimate of drug-likeness (QED) is 0.423. The number of fused-ring (bicyclic) bond motifs is 1. The third kappa shape index (κ3) is 4.80. The number of aromatic nitrogens is 2. The minimum atomic E-state index is -1.04. The molecule has 9 nitrogen and oxygen atoms in total. The molecule has 4 N–H and O–H groups in total. The van der Waals surface area contributed by atoms with Crippen LogP contribution in [-0.2, 0) is 6.42 Å². The first kappa shape index (κ1) is 23.0. The van der Waals surface area contributed by atoms with Crippen LogP contribution in [0.4, 0.5) is 5.69 Å². The first-order valence-electron chi connectivity index (χ1n) is 11.1. The molecular weight excluding hydrogens is 424 g/mol. The van der Waals surface area contributed by atoms with Gasteiger partial charge >= 0.3 is 0 Å². The molecule has 33 heavy (non-hydrogen) atoms. The van der Waals surface area contributed by atoms with Gasteiger partial charge in [-0.05, 0) is 62.2 Å². The van der Waals surface area contributed by atoms with E-state index >= 15 is 0 Å². The van der Waals surface area contributed by atoms with Crippen LogP contribution in [0.3, 0.4) is 0 Å². The fraction of sp³-hybridized carbons (Fsp3) is 0.417. The lowest BCUT2D eigenvalue weighted by atomic mass is 10.0. The Morgan fingerprint density at radius 1 is 1.03 bits per heavy atom. The van der Waals surface area contributed by atoms with E-state index in [1.54, 1.807) is 0 Å². The third-order valence-corrected chi connectivity index (χ3v) is 5.68. The summed E-state index contributed by atoms with van der Waals surface area (Å²) in [5.41, 5.74) is 8.81. The Morgan fingerprint density at radius 3 is 2.48 bits per heavy atom. The van der Waals surface area contributed by atoms with Crippen molar-refractivity contribution in [2.24, 2.45) is 5.73 Å². The molecule has 2 heterocycles. The first-order valence-corrected chi connectivity index (χ1v) is 11.1. The van der Waals surface area contributed by atoms with Gasteiger partial charge in [-0.3, -0.25) is 0 Å². The molecule has 4 rings (SSSR count). The lowest BCUT2D eigenvalue weighted by Gasteiger charge is -2.31. The molecule has 0 bridgehead atoms. The highest BCUT2D eigenvalue weighted by Crippen LogP contribution is 2.35. The van der Waals surface area contributed by atoms with Crippen molar-refractivity contribution in [1.29, 1.82) is 0 Å². The topological polar surface area (TPSA) is 127 Å². The van der Waals surface area contributed by atoms with Gasteiger partial charge in [-0.1, -0.05) is 5.16 Å². The Morgan fingerprint density at radius 2 is 1.76 bits per heavy atom. The number of rotatable bonds is 10. The molecule has 0 aliphatic carbocycles. The van der Waals surface area contributed by atoms with Gasteiger partial charge in [-0.25, -0.2) is 0 Å². The molecule has 3 aromatic rings. The van der Waals surface area contributed by atoms with Gasteiger partial charge in [0.05, 0.1) is 32.0 Å². The fourth-order valence-corrected chi connectivity index (χ4v) is 3.95. The predicted molar refractivity (Wildman–Crippen MR) is 125 cm³/mol. The largest absolute Gasteiger partial charge is 0.490 e. The summed E-state index contributed by atoms with van der Waals surface area (Å²) in [7, 11) is 0. The van der Waals surface area contributed by atoms with Crippen molar-refractivity contribution >= 4 is 5.69 Å². The molecule has 0 amide bonds. The van der Waals surface area contributed by atoms with Crippen LogP contribution < -0.4 is 20.1 Å². The summed E-state index contributed by atoms with van der Waals surface area (Å²) in [6.07, 6.45) is 0.831. The van der Waals surface area contributed by atoms with Gasteiger partial charge < -0.3 is 34.8 Å². The third-order valence-electron chi connectivity index (χ3n) is 5.68. The van der Waals surface area contributed by atoms with Crippen LogP contribution in [-0.4, -0.2) is 65.4 Å². The molecule has 0 fully saturated rings. The minimum Gasteiger partial charge on any atom is -0.490 e. The Labute approximate surface area is 192 Å². The van der Waals surface area contributed by atoms with E-state index in [1.807, 2.05) is 50.2 Å². The highest BCUT2D eigenvalue weighted by atomic mass is 16.5. The van der Waals surface area contributed by atoms with Crippen molar-refractivity contribution in [1.82, 2.24) is 10.1 Å². The van der Waals surface area contributed by atoms with Gasteiger partial charge in [0, 0.05) is 29.9 Å². The van der Waals surface area contributed by atoms with Crippen LogP contribution in [0.1, 0.15) is 19.4 Å². The van der Waals surface area contributed by atoms with E-state index in [9.17, 15) is 10.2 Å². The summed E-state index contributed by atoms with van der Waals surface area (Å²) in [6, 6.07) is 11.5. The van der Waals surface area contributed by atoms with E-state index in [4.69, 9.17) is 19.7 Å². The van der Waals surface area contributed by atoms with Crippen molar-refractivity contribution in [3.8, 4) is 34.3 Å². The summed E-state index contributed by atoms with van der Waals surface area (Å²) in [5, 5.41) is 23.2. The maximum Gasteiger partial charge on any atom is 0.258 e. The molecular formula is C24H30N4O5. The zero-order valence-electron chi connectivity index (χ0n) is 19.0. The molecule has 1 aliphatic heterocycles. The number of hydrogen-bond donors (Lipinski definition) is 3. The Balaban J connectivity index is 1.56. The summed E-state index contributed by atoms with van der Waals surface area (Å²) in [5.74, 6) is 2.21. The van der Waals surface area contributed by atoms with E-state index < -0.39 is 5.54 Å². The lowest BCUT2D eigenvalue weighted by molar-refractivity contribution is 0.125. The monoisotopic (exact) mass is 454 g/mol. The second kappa shape index (κ2) is 9.78. The van der Waals surface area contributed by atoms with Crippen LogP contribution in [0.25, 0.3) is 22.8 Å². The molecule has 0 radical (unpaired) electrons. The molecule has 9 heteroatoms. The average molecular weight is 455 g/mol. The molecule has 0 unspecified atom stereocenters. The number of benzene rings is 2. The Hall–Kier alpha value is -3.14. The zero-order valence-corrected chi connectivity index (χ0v) is 19.0. The molecule has 0 saturated carbocycles. The van der Waals surface area contributed by atoms with Gasteiger partial charge in [-0.15, -0.1) is 0 Å². The van der Waals surface area contributed by atoms with Crippen LogP contribution in [0.5, 0.6) is 11.5 Å². The predicted octanol–water partition coefficient (Wildman–Crippen LogP) is 2.25. The second-order valence-corrected chi connectivity index (χ2v) is 8.14. The van der Waals surface area contributed by atoms with Gasteiger partial charge in [0.1, 0.15) is 0 Å². The molecule has 2 aromatic carbocycles. The van der Waals surface area contributed by atoms with Gasteiger partial charge in [0.25, 0.3) is 5.89 Å². The summed E-state index contributed by atoms with van der Waals surface area (Å²) >= 11 is 0. The molecule has 0 atom stereocenters. The van der Waals surface area contributed by atoms with Crippen molar-refractivity contribution in [3.05, 3.63) is 42.0 Å². The lowest BCUT2D eigenvalue weighted by Crippen LogP contribution is -2.55. The van der Waals surface area contributed by atoms with E-state index in [2.05, 4.69) is 15.0 Å². The van der Waals surface area contributed by atoms with Crippen LogP contribution >= 0.6 is 0 Å². The number of nitrogens with zero attached hydrogens (tertiary/aromatic N) is 3. The smallest absolute Gasteiger partial charge is 0.258 e. The van der Waals surface area contributed by atoms with E-state index in [0.717, 1.165) is 35.3 Å². The first-order chi connectivity index (χ1) is 16.0. The minimum absolute atomic E-state index is 0.282. The summed E-state index contributed by atoms with van der Waals surface area (Å²) < 4.78 is 16.8. The normalized spacial score (nSPS) is 13.3. The summed E-state index contributed by atoms with van der Waals surface area (Å²) in [4.78, 5) is 6.67. The number of aliphatic hydroxyl groups excluding tert-OH is 2. The van der Waals surface area contributed by atoms with E-state index in [0.29, 0.717) is 43.0 Å². The number of hydrogen-bond acceptors (Lipinski definition) is 9. The van der Waals surface area contributed by atoms with Gasteiger partial charge in [0.15, 0.2) is 11.5 Å². The van der Waals surface area contributed by atoms with E-state index in [1.165, 1.54) is 0 Å². The maximum atomic E-state index is 9.52. The average Bonchev–Trinajstić information content (AvgIpc) is 3.48.